The van der Waals surface area contributed by atoms with Crippen LogP contribution >= 0.6 is 0 Å². The fourth-order valence-corrected chi connectivity index (χ4v) is 6.01. The summed E-state index contributed by atoms with van der Waals surface area (Å²) >= 11 is -10.4. The summed E-state index contributed by atoms with van der Waals surface area (Å²) in [5.41, 5.74) is 0. The Hall–Kier alpha value is -1.13. The fourth-order valence-electron chi connectivity index (χ4n) is 2.02. The number of hydrogen-bond donors (Lipinski definition) is 0. The molecule has 4 nitrogen and oxygen atoms in total. The van der Waals surface area contributed by atoms with Gasteiger partial charge >= 0.3 is 211 Å². The van der Waals surface area contributed by atoms with E-state index >= 15 is 0 Å². The van der Waals surface area contributed by atoms with Crippen molar-refractivity contribution >= 4 is 0 Å². The summed E-state index contributed by atoms with van der Waals surface area (Å²) in [6.45, 7) is 0. The van der Waals surface area contributed by atoms with Crippen LogP contribution in [0.5, 0.6) is 0 Å². The molecule has 0 aromatic rings. The van der Waals surface area contributed by atoms with Crippen LogP contribution in [0.15, 0.2) is 0 Å². The molecule has 0 heterocycles. The number of hydrogen-bond acceptors (Lipinski definition) is 4. The van der Waals surface area contributed by atoms with Gasteiger partial charge in [-0.3, -0.25) is 0 Å². The SMILES string of the molecule is FC(F)(F)C([O][Ti]([O]C(C(F)(F)F)C(F)(F)F)([O]C(C(F)(F)F)C(F)(F)F)[O]C(C(F)(F)F)C(F)(F)F)C(F)(F)F. The van der Waals surface area contributed by atoms with E-state index in [1.807, 2.05) is 0 Å². The first-order chi connectivity index (χ1) is 17.4. The van der Waals surface area contributed by atoms with Crippen LogP contribution in [-0.2, 0) is 31.4 Å². The Bertz CT molecular complexity index is 641. The normalized spacial score (nSPS) is 16.1. The molecule has 0 rings (SSSR count). The maximum atomic E-state index is 12.8. The van der Waals surface area contributed by atoms with Gasteiger partial charge in [-0.15, -0.1) is 0 Å². The van der Waals surface area contributed by atoms with Crippen LogP contribution in [0.1, 0.15) is 0 Å². The molecule has 0 saturated carbocycles. The third-order valence-corrected chi connectivity index (χ3v) is 6.70. The average molecular weight is 716 g/mol. The Balaban J connectivity index is 7.99. The number of halogens is 24. The van der Waals surface area contributed by atoms with Crippen LogP contribution in [0.25, 0.3) is 0 Å². The van der Waals surface area contributed by atoms with Crippen molar-refractivity contribution in [2.24, 2.45) is 0 Å². The van der Waals surface area contributed by atoms with Crippen LogP contribution in [0, 0.1) is 0 Å². The first kappa shape index (κ1) is 39.9. The Kier molecular flexibility index (Phi) is 11.4. The van der Waals surface area contributed by atoms with E-state index in [9.17, 15) is 105 Å². The molecule has 0 aromatic carbocycles. The van der Waals surface area contributed by atoms with Crippen molar-refractivity contribution in [3.63, 3.8) is 0 Å². The molecule has 0 aromatic heterocycles. The third-order valence-electron chi connectivity index (χ3n) is 3.43. The van der Waals surface area contributed by atoms with Gasteiger partial charge in [0.25, 0.3) is 0 Å². The molecule has 41 heavy (non-hydrogen) atoms. The number of rotatable bonds is 8. The fraction of sp³-hybridized carbons (Fsp3) is 1.00. The molecule has 0 N–H and O–H groups in total. The van der Waals surface area contributed by atoms with Gasteiger partial charge in [0.05, 0.1) is 0 Å². The molecule has 0 amide bonds. The summed E-state index contributed by atoms with van der Waals surface area (Å²) in [4.78, 5) is 0. The summed E-state index contributed by atoms with van der Waals surface area (Å²) in [5.74, 6) is 0. The zero-order chi connectivity index (χ0) is 33.6. The van der Waals surface area contributed by atoms with E-state index in [1.54, 1.807) is 0 Å². The molecule has 0 atom stereocenters. The van der Waals surface area contributed by atoms with Crippen LogP contribution < -0.4 is 0 Å². The molecule has 0 bridgehead atoms. The summed E-state index contributed by atoms with van der Waals surface area (Å²) in [5, 5.41) is 0. The summed E-state index contributed by atoms with van der Waals surface area (Å²) in [6, 6.07) is 0. The third kappa shape index (κ3) is 11.8. The zero-order valence-electron chi connectivity index (χ0n) is 17.5. The van der Waals surface area contributed by atoms with E-state index in [0.717, 1.165) is 0 Å². The maximum absolute atomic E-state index is 12.8. The van der Waals surface area contributed by atoms with Gasteiger partial charge in [0.1, 0.15) is 0 Å². The van der Waals surface area contributed by atoms with Crippen molar-refractivity contribution in [3.8, 4) is 0 Å². The standard InChI is InChI=1S/4C3HF6O.Ti/c4*4-2(5,6)1(10)3(7,8)9;/h4*1H;/q4*-1;+4. The quantitative estimate of drug-likeness (QED) is 0.190. The van der Waals surface area contributed by atoms with Gasteiger partial charge in [-0.1, -0.05) is 0 Å². The molecule has 0 aliphatic rings. The zero-order valence-corrected chi connectivity index (χ0v) is 19.1. The molecule has 0 unspecified atom stereocenters. The molecule has 0 aliphatic carbocycles. The van der Waals surface area contributed by atoms with Gasteiger partial charge in [0.2, 0.25) is 0 Å². The predicted octanol–water partition coefficient (Wildman–Crippen LogP) is 7.84. The van der Waals surface area contributed by atoms with E-state index in [2.05, 4.69) is 13.3 Å². The summed E-state index contributed by atoms with van der Waals surface area (Å²) in [7, 11) is 0. The van der Waals surface area contributed by atoms with Crippen LogP contribution in [0.2, 0.25) is 0 Å². The predicted molar refractivity (Wildman–Crippen MR) is 67.9 cm³/mol. The van der Waals surface area contributed by atoms with Crippen molar-refractivity contribution in [2.75, 3.05) is 0 Å². The second-order valence-electron chi connectivity index (χ2n) is 6.82. The summed E-state index contributed by atoms with van der Waals surface area (Å²) < 4.78 is 318. The minimum absolute atomic E-state index is 2.30. The Labute approximate surface area is 211 Å². The second kappa shape index (κ2) is 11.8. The molecular formula is C12H4F24O4Ti. The van der Waals surface area contributed by atoms with Gasteiger partial charge < -0.3 is 0 Å². The Morgan fingerprint density at radius 3 is 0.415 bits per heavy atom. The Morgan fingerprint density at radius 1 is 0.244 bits per heavy atom. The molecule has 0 saturated heterocycles. The van der Waals surface area contributed by atoms with E-state index in [4.69, 9.17) is 0 Å². The van der Waals surface area contributed by atoms with Crippen molar-refractivity contribution in [1.29, 1.82) is 0 Å². The van der Waals surface area contributed by atoms with Crippen molar-refractivity contribution in [3.05, 3.63) is 0 Å². The summed E-state index contributed by atoms with van der Waals surface area (Å²) in [6.07, 6.45) is -85.3. The van der Waals surface area contributed by atoms with Crippen LogP contribution in [-0.4, -0.2) is 73.8 Å². The van der Waals surface area contributed by atoms with E-state index < -0.39 is 92.0 Å². The van der Waals surface area contributed by atoms with Crippen molar-refractivity contribution < 1.29 is 137 Å². The van der Waals surface area contributed by atoms with Gasteiger partial charge in [-0.25, -0.2) is 0 Å². The first-order valence-electron chi connectivity index (χ1n) is 8.60. The Morgan fingerprint density at radius 2 is 0.341 bits per heavy atom. The van der Waals surface area contributed by atoms with Crippen LogP contribution in [0.4, 0.5) is 105 Å². The molecule has 0 fully saturated rings. The topological polar surface area (TPSA) is 36.9 Å². The van der Waals surface area contributed by atoms with Gasteiger partial charge in [-0.2, -0.15) is 0 Å². The van der Waals surface area contributed by atoms with Gasteiger partial charge in [-0.05, 0) is 0 Å². The van der Waals surface area contributed by atoms with E-state index in [0.29, 0.717) is 0 Å². The van der Waals surface area contributed by atoms with E-state index in [1.165, 1.54) is 0 Å². The molecule has 0 radical (unpaired) electrons. The first-order valence-corrected chi connectivity index (χ1v) is 11.2. The second-order valence-corrected chi connectivity index (χ2v) is 9.86. The molecule has 0 spiro atoms. The molecule has 0 aliphatic heterocycles. The molecule has 29 heteroatoms. The van der Waals surface area contributed by atoms with Crippen LogP contribution in [0.3, 0.4) is 0 Å². The van der Waals surface area contributed by atoms with Gasteiger partial charge in [0, 0.05) is 0 Å². The molecular weight excluding hydrogens is 712 g/mol. The van der Waals surface area contributed by atoms with E-state index in [-0.39, 0.29) is 0 Å². The van der Waals surface area contributed by atoms with Crippen molar-refractivity contribution in [1.82, 2.24) is 0 Å². The van der Waals surface area contributed by atoms with Gasteiger partial charge in [0.15, 0.2) is 0 Å². The number of alkyl halides is 24. The average Bonchev–Trinajstić information content (AvgIpc) is 2.58. The minimum atomic E-state index is -10.4. The monoisotopic (exact) mass is 716 g/mol. The molecule has 248 valence electrons. The van der Waals surface area contributed by atoms with Crippen molar-refractivity contribution in [2.45, 2.75) is 73.8 Å².